The van der Waals surface area contributed by atoms with E-state index in [4.69, 9.17) is 11.6 Å². The van der Waals surface area contributed by atoms with Crippen molar-refractivity contribution in [1.82, 2.24) is 0 Å². The molecule has 188 valence electrons. The van der Waals surface area contributed by atoms with Gasteiger partial charge in [0.25, 0.3) is 0 Å². The minimum Gasteiger partial charge on any atom is -0.310 e. The molecular formula is C37H22ClNS. The van der Waals surface area contributed by atoms with Gasteiger partial charge in [-0.3, -0.25) is 0 Å². The van der Waals surface area contributed by atoms with Crippen LogP contribution in [-0.2, 0) is 5.41 Å². The number of rotatable bonds is 1. The van der Waals surface area contributed by atoms with Gasteiger partial charge in [-0.05, 0) is 75.8 Å². The number of anilines is 3. The SMILES string of the molecule is Clc1ccc2c(c1)N(c1ccccc1)c1cc3c(cc1C21c2ccccc2-c2ccccc21)sc1ccccc13. The first-order chi connectivity index (χ1) is 19.7. The second kappa shape index (κ2) is 8.08. The molecule has 0 bridgehead atoms. The average Bonchev–Trinajstić information content (AvgIpc) is 3.51. The molecule has 7 aromatic rings. The molecule has 0 saturated carbocycles. The van der Waals surface area contributed by atoms with Crippen molar-refractivity contribution >= 4 is 60.2 Å². The van der Waals surface area contributed by atoms with Crippen molar-refractivity contribution in [3.05, 3.63) is 161 Å². The highest BCUT2D eigenvalue weighted by atomic mass is 35.5. The third-order valence-electron chi connectivity index (χ3n) is 8.71. The minimum absolute atomic E-state index is 0.460. The molecule has 3 heteroatoms. The molecule has 0 atom stereocenters. The van der Waals surface area contributed by atoms with E-state index in [0.29, 0.717) is 0 Å². The molecule has 2 aliphatic rings. The summed E-state index contributed by atoms with van der Waals surface area (Å²) in [6.07, 6.45) is 0. The number of halogens is 1. The van der Waals surface area contributed by atoms with Crippen LogP contribution in [0.25, 0.3) is 31.3 Å². The van der Waals surface area contributed by atoms with Crippen LogP contribution in [0.3, 0.4) is 0 Å². The number of para-hydroxylation sites is 1. The fraction of sp³-hybridized carbons (Fsp3) is 0.0270. The predicted octanol–water partition coefficient (Wildman–Crippen LogP) is 10.9. The predicted molar refractivity (Wildman–Crippen MR) is 170 cm³/mol. The molecule has 2 heterocycles. The Kier molecular flexibility index (Phi) is 4.53. The van der Waals surface area contributed by atoms with Gasteiger partial charge in [-0.25, -0.2) is 0 Å². The normalized spacial score (nSPS) is 14.3. The number of nitrogens with zero attached hydrogens (tertiary/aromatic N) is 1. The summed E-state index contributed by atoms with van der Waals surface area (Å²) in [5, 5.41) is 3.33. The Bertz CT molecular complexity index is 2100. The quantitative estimate of drug-likeness (QED) is 0.197. The summed E-state index contributed by atoms with van der Waals surface area (Å²) in [5.41, 5.74) is 10.8. The van der Waals surface area contributed by atoms with E-state index < -0.39 is 5.41 Å². The Morgan fingerprint density at radius 1 is 0.500 bits per heavy atom. The van der Waals surface area contributed by atoms with Gasteiger partial charge in [0, 0.05) is 30.9 Å². The highest BCUT2D eigenvalue weighted by Gasteiger charge is 2.51. The van der Waals surface area contributed by atoms with Crippen LogP contribution >= 0.6 is 22.9 Å². The summed E-state index contributed by atoms with van der Waals surface area (Å²) in [6, 6.07) is 48.7. The van der Waals surface area contributed by atoms with E-state index in [-0.39, 0.29) is 0 Å². The molecule has 1 spiro atoms. The molecule has 0 N–H and O–H groups in total. The number of hydrogen-bond donors (Lipinski definition) is 0. The lowest BCUT2D eigenvalue weighted by Crippen LogP contribution is -2.36. The van der Waals surface area contributed by atoms with Gasteiger partial charge in [-0.15, -0.1) is 11.3 Å². The van der Waals surface area contributed by atoms with Crippen molar-refractivity contribution in [3.8, 4) is 11.1 Å². The first-order valence-electron chi connectivity index (χ1n) is 13.6. The van der Waals surface area contributed by atoms with E-state index in [2.05, 4.69) is 138 Å². The van der Waals surface area contributed by atoms with Gasteiger partial charge in [0.1, 0.15) is 0 Å². The molecule has 1 nitrogen and oxygen atoms in total. The fourth-order valence-corrected chi connectivity index (χ4v) is 8.49. The maximum Gasteiger partial charge on any atom is 0.0754 e. The molecule has 0 amide bonds. The van der Waals surface area contributed by atoms with Crippen LogP contribution in [0.1, 0.15) is 22.3 Å². The van der Waals surface area contributed by atoms with Crippen LogP contribution in [0.4, 0.5) is 17.1 Å². The fourth-order valence-electron chi connectivity index (χ4n) is 7.20. The van der Waals surface area contributed by atoms with Crippen molar-refractivity contribution in [2.45, 2.75) is 5.41 Å². The molecule has 1 aromatic heterocycles. The van der Waals surface area contributed by atoms with Crippen LogP contribution in [0.15, 0.2) is 133 Å². The molecule has 0 saturated heterocycles. The Labute approximate surface area is 241 Å². The lowest BCUT2D eigenvalue weighted by molar-refractivity contribution is 0.754. The van der Waals surface area contributed by atoms with Gasteiger partial charge in [0.05, 0.1) is 16.8 Å². The largest absolute Gasteiger partial charge is 0.310 e. The summed E-state index contributed by atoms with van der Waals surface area (Å²) >= 11 is 8.66. The zero-order valence-corrected chi connectivity index (χ0v) is 23.0. The Morgan fingerprint density at radius 3 is 1.93 bits per heavy atom. The molecule has 40 heavy (non-hydrogen) atoms. The summed E-state index contributed by atoms with van der Waals surface area (Å²) in [4.78, 5) is 2.41. The van der Waals surface area contributed by atoms with Crippen molar-refractivity contribution in [1.29, 1.82) is 0 Å². The summed E-state index contributed by atoms with van der Waals surface area (Å²) in [6.45, 7) is 0. The number of fused-ring (bicyclic) bond motifs is 12. The van der Waals surface area contributed by atoms with E-state index in [1.54, 1.807) is 0 Å². The van der Waals surface area contributed by atoms with E-state index in [1.807, 2.05) is 11.3 Å². The first kappa shape index (κ1) is 22.4. The molecule has 1 aliphatic heterocycles. The lowest BCUT2D eigenvalue weighted by Gasteiger charge is -2.45. The van der Waals surface area contributed by atoms with E-state index in [9.17, 15) is 0 Å². The van der Waals surface area contributed by atoms with Gasteiger partial charge in [-0.1, -0.05) is 103 Å². The minimum atomic E-state index is -0.460. The number of thiophene rings is 1. The van der Waals surface area contributed by atoms with Gasteiger partial charge in [-0.2, -0.15) is 0 Å². The summed E-state index contributed by atoms with van der Waals surface area (Å²) < 4.78 is 2.62. The third-order valence-corrected chi connectivity index (χ3v) is 10.1. The molecule has 1 aliphatic carbocycles. The molecule has 0 radical (unpaired) electrons. The molecule has 6 aromatic carbocycles. The van der Waals surface area contributed by atoms with Crippen LogP contribution < -0.4 is 4.90 Å². The molecule has 9 rings (SSSR count). The van der Waals surface area contributed by atoms with Crippen LogP contribution in [0.5, 0.6) is 0 Å². The Hall–Kier alpha value is -4.37. The molecule has 0 unspecified atom stereocenters. The highest BCUT2D eigenvalue weighted by Crippen LogP contribution is 2.64. The number of hydrogen-bond acceptors (Lipinski definition) is 2. The van der Waals surface area contributed by atoms with E-state index in [1.165, 1.54) is 59.2 Å². The van der Waals surface area contributed by atoms with Gasteiger partial charge in [0.15, 0.2) is 0 Å². The topological polar surface area (TPSA) is 3.24 Å². The smallest absolute Gasteiger partial charge is 0.0754 e. The van der Waals surface area contributed by atoms with E-state index in [0.717, 1.165) is 16.4 Å². The number of benzene rings is 6. The van der Waals surface area contributed by atoms with Gasteiger partial charge < -0.3 is 4.90 Å². The summed E-state index contributed by atoms with van der Waals surface area (Å²) in [5.74, 6) is 0. The molecular weight excluding hydrogens is 526 g/mol. The molecule has 0 fully saturated rings. The van der Waals surface area contributed by atoms with Crippen LogP contribution in [-0.4, -0.2) is 0 Å². The van der Waals surface area contributed by atoms with Crippen molar-refractivity contribution < 1.29 is 0 Å². The second-order valence-electron chi connectivity index (χ2n) is 10.6. The zero-order chi connectivity index (χ0) is 26.4. The second-order valence-corrected chi connectivity index (χ2v) is 12.2. The van der Waals surface area contributed by atoms with Crippen LogP contribution in [0.2, 0.25) is 5.02 Å². The monoisotopic (exact) mass is 547 g/mol. The first-order valence-corrected chi connectivity index (χ1v) is 14.7. The van der Waals surface area contributed by atoms with E-state index >= 15 is 0 Å². The summed E-state index contributed by atoms with van der Waals surface area (Å²) in [7, 11) is 0. The van der Waals surface area contributed by atoms with Crippen LogP contribution in [0, 0.1) is 0 Å². The zero-order valence-electron chi connectivity index (χ0n) is 21.4. The average molecular weight is 548 g/mol. The van der Waals surface area contributed by atoms with Crippen molar-refractivity contribution in [2.24, 2.45) is 0 Å². The third kappa shape index (κ3) is 2.77. The Morgan fingerprint density at radius 2 is 1.15 bits per heavy atom. The Balaban J connectivity index is 1.52. The van der Waals surface area contributed by atoms with Crippen molar-refractivity contribution in [3.63, 3.8) is 0 Å². The van der Waals surface area contributed by atoms with Gasteiger partial charge >= 0.3 is 0 Å². The standard InChI is InChI=1S/C37H22ClNS/c38-23-18-19-31-33(20-23)39(24-10-2-1-3-11-24)34-21-28-27-14-6-9-17-35(27)40-36(28)22-32(34)37(31)29-15-7-4-12-25(29)26-13-5-8-16-30(26)37/h1-22H. The lowest BCUT2D eigenvalue weighted by atomic mass is 9.64. The maximum atomic E-state index is 6.78. The van der Waals surface area contributed by atoms with Crippen molar-refractivity contribution in [2.75, 3.05) is 4.90 Å². The van der Waals surface area contributed by atoms with Gasteiger partial charge in [0.2, 0.25) is 0 Å². The highest BCUT2D eigenvalue weighted by molar-refractivity contribution is 7.25. The maximum absolute atomic E-state index is 6.78.